The molecule has 0 spiro atoms. The van der Waals surface area contributed by atoms with Gasteiger partial charge in [-0.3, -0.25) is 4.79 Å². The predicted octanol–water partition coefficient (Wildman–Crippen LogP) is 2.63. The van der Waals surface area contributed by atoms with Crippen molar-refractivity contribution in [2.45, 2.75) is 6.42 Å². The highest BCUT2D eigenvalue weighted by Gasteiger charge is 2.14. The molecule has 0 radical (unpaired) electrons. The van der Waals surface area contributed by atoms with Crippen molar-refractivity contribution in [2.24, 2.45) is 0 Å². The molecule has 0 aliphatic carbocycles. The van der Waals surface area contributed by atoms with Crippen LogP contribution in [0.3, 0.4) is 0 Å². The standard InChI is InChI=1S/C20H25N3O2/c1-22-11-13-23(14-12-22)18-9-7-17(8-10-18)21-20(24)15-16-5-3-4-6-19(16)25-2/h3-10H,11-15H2,1-2H3,(H,21,24). The summed E-state index contributed by atoms with van der Waals surface area (Å²) in [4.78, 5) is 17.0. The van der Waals surface area contributed by atoms with Crippen LogP contribution in [0, 0.1) is 0 Å². The van der Waals surface area contributed by atoms with E-state index < -0.39 is 0 Å². The number of rotatable bonds is 5. The molecule has 0 unspecified atom stereocenters. The second kappa shape index (κ2) is 8.03. The molecular formula is C20H25N3O2. The summed E-state index contributed by atoms with van der Waals surface area (Å²) in [6.07, 6.45) is 0.296. The summed E-state index contributed by atoms with van der Waals surface area (Å²) >= 11 is 0. The van der Waals surface area contributed by atoms with Crippen LogP contribution in [0.15, 0.2) is 48.5 Å². The van der Waals surface area contributed by atoms with Crippen LogP contribution in [0.1, 0.15) is 5.56 Å². The minimum atomic E-state index is -0.0446. The largest absolute Gasteiger partial charge is 0.496 e. The Balaban J connectivity index is 1.58. The Morgan fingerprint density at radius 3 is 2.40 bits per heavy atom. The van der Waals surface area contributed by atoms with E-state index in [1.807, 2.05) is 36.4 Å². The van der Waals surface area contributed by atoms with Gasteiger partial charge in [0.15, 0.2) is 0 Å². The second-order valence-corrected chi connectivity index (χ2v) is 6.37. The van der Waals surface area contributed by atoms with Crippen molar-refractivity contribution in [3.05, 3.63) is 54.1 Å². The number of hydrogen-bond donors (Lipinski definition) is 1. The van der Waals surface area contributed by atoms with Crippen LogP contribution < -0.4 is 15.0 Å². The number of nitrogens with zero attached hydrogens (tertiary/aromatic N) is 2. The highest BCUT2D eigenvalue weighted by molar-refractivity contribution is 5.92. The molecule has 5 heteroatoms. The van der Waals surface area contributed by atoms with E-state index in [0.29, 0.717) is 6.42 Å². The monoisotopic (exact) mass is 339 g/mol. The number of anilines is 2. The van der Waals surface area contributed by atoms with Crippen molar-refractivity contribution in [2.75, 3.05) is 50.6 Å². The number of benzene rings is 2. The maximum atomic E-state index is 12.3. The average Bonchev–Trinajstić information content (AvgIpc) is 2.63. The fourth-order valence-corrected chi connectivity index (χ4v) is 3.05. The fraction of sp³-hybridized carbons (Fsp3) is 0.350. The molecule has 1 fully saturated rings. The summed E-state index contributed by atoms with van der Waals surface area (Å²) < 4.78 is 5.30. The SMILES string of the molecule is COc1ccccc1CC(=O)Nc1ccc(N2CCN(C)CC2)cc1. The van der Waals surface area contributed by atoms with Crippen LogP contribution in [0.2, 0.25) is 0 Å². The van der Waals surface area contributed by atoms with Gasteiger partial charge in [0.2, 0.25) is 5.91 Å². The molecule has 2 aromatic rings. The molecule has 25 heavy (non-hydrogen) atoms. The third-order valence-electron chi connectivity index (χ3n) is 4.56. The minimum absolute atomic E-state index is 0.0446. The van der Waals surface area contributed by atoms with Crippen LogP contribution >= 0.6 is 0 Å². The molecule has 0 aromatic heterocycles. The normalized spacial score (nSPS) is 15.0. The number of carbonyl (C=O) groups is 1. The van der Waals surface area contributed by atoms with Crippen LogP contribution in [0.5, 0.6) is 5.75 Å². The van der Waals surface area contributed by atoms with Crippen molar-refractivity contribution in [3.63, 3.8) is 0 Å². The maximum absolute atomic E-state index is 12.3. The zero-order chi connectivity index (χ0) is 17.6. The molecule has 1 N–H and O–H groups in total. The second-order valence-electron chi connectivity index (χ2n) is 6.37. The first kappa shape index (κ1) is 17.3. The van der Waals surface area contributed by atoms with E-state index in [1.165, 1.54) is 5.69 Å². The van der Waals surface area contributed by atoms with Crippen LogP contribution in [-0.2, 0) is 11.2 Å². The molecular weight excluding hydrogens is 314 g/mol. The lowest BCUT2D eigenvalue weighted by Crippen LogP contribution is -2.44. The van der Waals surface area contributed by atoms with Gasteiger partial charge < -0.3 is 19.9 Å². The van der Waals surface area contributed by atoms with Gasteiger partial charge in [-0.1, -0.05) is 18.2 Å². The Kier molecular flexibility index (Phi) is 5.56. The molecule has 0 bridgehead atoms. The Hall–Kier alpha value is -2.53. The van der Waals surface area contributed by atoms with Crippen molar-refractivity contribution < 1.29 is 9.53 Å². The van der Waals surface area contributed by atoms with E-state index in [-0.39, 0.29) is 5.91 Å². The zero-order valence-electron chi connectivity index (χ0n) is 14.9. The lowest BCUT2D eigenvalue weighted by atomic mass is 10.1. The van der Waals surface area contributed by atoms with Gasteiger partial charge in [0, 0.05) is 43.1 Å². The van der Waals surface area contributed by atoms with Crippen LogP contribution in [0.25, 0.3) is 0 Å². The van der Waals surface area contributed by atoms with E-state index in [1.54, 1.807) is 7.11 Å². The maximum Gasteiger partial charge on any atom is 0.228 e. The number of hydrogen-bond acceptors (Lipinski definition) is 4. The number of piperazine rings is 1. The van der Waals surface area contributed by atoms with Crippen molar-refractivity contribution >= 4 is 17.3 Å². The number of methoxy groups -OCH3 is 1. The molecule has 2 aromatic carbocycles. The molecule has 5 nitrogen and oxygen atoms in total. The lowest BCUT2D eigenvalue weighted by molar-refractivity contribution is -0.115. The smallest absolute Gasteiger partial charge is 0.228 e. The van der Waals surface area contributed by atoms with Gasteiger partial charge in [-0.15, -0.1) is 0 Å². The van der Waals surface area contributed by atoms with E-state index in [2.05, 4.69) is 34.3 Å². The van der Waals surface area contributed by atoms with Crippen LogP contribution in [-0.4, -0.2) is 51.1 Å². The molecule has 132 valence electrons. The highest BCUT2D eigenvalue weighted by Crippen LogP contribution is 2.21. The summed E-state index contributed by atoms with van der Waals surface area (Å²) in [6.45, 7) is 4.24. The van der Waals surface area contributed by atoms with E-state index >= 15 is 0 Å². The predicted molar refractivity (Wildman–Crippen MR) is 101 cm³/mol. The summed E-state index contributed by atoms with van der Waals surface area (Å²) in [5, 5.41) is 2.96. The topological polar surface area (TPSA) is 44.8 Å². The first-order valence-electron chi connectivity index (χ1n) is 8.61. The van der Waals surface area contributed by atoms with E-state index in [4.69, 9.17) is 4.74 Å². The summed E-state index contributed by atoms with van der Waals surface area (Å²) in [6, 6.07) is 15.7. The summed E-state index contributed by atoms with van der Waals surface area (Å²) in [5.41, 5.74) is 2.91. The third kappa shape index (κ3) is 4.51. The lowest BCUT2D eigenvalue weighted by Gasteiger charge is -2.34. The fourth-order valence-electron chi connectivity index (χ4n) is 3.05. The number of likely N-dealkylation sites (N-methyl/N-ethyl adjacent to an activating group) is 1. The third-order valence-corrected chi connectivity index (χ3v) is 4.56. The summed E-state index contributed by atoms with van der Waals surface area (Å²) in [7, 11) is 3.77. The number of nitrogens with one attached hydrogen (secondary N) is 1. The Morgan fingerprint density at radius 2 is 1.72 bits per heavy atom. The zero-order valence-corrected chi connectivity index (χ0v) is 14.9. The van der Waals surface area contributed by atoms with Crippen molar-refractivity contribution in [3.8, 4) is 5.75 Å². The van der Waals surface area contributed by atoms with Gasteiger partial charge in [-0.25, -0.2) is 0 Å². The molecule has 0 saturated carbocycles. The number of ether oxygens (including phenoxy) is 1. The van der Waals surface area contributed by atoms with Crippen molar-refractivity contribution in [1.82, 2.24) is 4.90 Å². The molecule has 0 atom stereocenters. The first-order chi connectivity index (χ1) is 12.2. The van der Waals surface area contributed by atoms with Crippen molar-refractivity contribution in [1.29, 1.82) is 0 Å². The minimum Gasteiger partial charge on any atom is -0.496 e. The number of amides is 1. The highest BCUT2D eigenvalue weighted by atomic mass is 16.5. The van der Waals surface area contributed by atoms with Gasteiger partial charge in [0.25, 0.3) is 0 Å². The molecule has 1 heterocycles. The van der Waals surface area contributed by atoms with E-state index in [0.717, 1.165) is 43.2 Å². The molecule has 1 saturated heterocycles. The average molecular weight is 339 g/mol. The Labute approximate surface area is 149 Å². The number of para-hydroxylation sites is 1. The Morgan fingerprint density at radius 1 is 1.04 bits per heavy atom. The Bertz CT molecular complexity index is 707. The van der Waals surface area contributed by atoms with Gasteiger partial charge in [-0.05, 0) is 37.4 Å². The first-order valence-corrected chi connectivity index (χ1v) is 8.61. The molecule has 3 rings (SSSR count). The van der Waals surface area contributed by atoms with Crippen LogP contribution in [0.4, 0.5) is 11.4 Å². The van der Waals surface area contributed by atoms with E-state index in [9.17, 15) is 4.79 Å². The van der Waals surface area contributed by atoms with Gasteiger partial charge in [0.1, 0.15) is 5.75 Å². The number of carbonyl (C=O) groups excluding carboxylic acids is 1. The molecule has 1 aliphatic rings. The summed E-state index contributed by atoms with van der Waals surface area (Å²) in [5.74, 6) is 0.694. The van der Waals surface area contributed by atoms with Gasteiger partial charge in [0.05, 0.1) is 13.5 Å². The molecule has 1 amide bonds. The van der Waals surface area contributed by atoms with Gasteiger partial charge >= 0.3 is 0 Å². The molecule has 1 aliphatic heterocycles. The van der Waals surface area contributed by atoms with Gasteiger partial charge in [-0.2, -0.15) is 0 Å². The quantitative estimate of drug-likeness (QED) is 0.910.